The lowest BCUT2D eigenvalue weighted by atomic mass is 9.84. The minimum Gasteiger partial charge on any atom is -0.456 e. The molecule has 0 saturated carbocycles. The molecule has 0 bridgehead atoms. The summed E-state index contributed by atoms with van der Waals surface area (Å²) in [5, 5.41) is 9.47. The first-order chi connectivity index (χ1) is 25.8. The SMILES string of the molecule is c1ccc(-c2c3ccccc3c(-c3ccc(-c4cccc5c4oc4ccccc45)cc3)c3ccc(-c4cccc5oc6ccccc6c45)cc23)cc1. The Hall–Kier alpha value is -6.90. The summed E-state index contributed by atoms with van der Waals surface area (Å²) in [4.78, 5) is 0. The normalized spacial score (nSPS) is 11.8. The van der Waals surface area contributed by atoms with Gasteiger partial charge in [0, 0.05) is 27.1 Å². The number of benzene rings is 9. The molecule has 0 N–H and O–H groups in total. The van der Waals surface area contributed by atoms with E-state index in [1.807, 2.05) is 24.3 Å². The van der Waals surface area contributed by atoms with E-state index in [9.17, 15) is 0 Å². The van der Waals surface area contributed by atoms with Gasteiger partial charge in [0.2, 0.25) is 0 Å². The van der Waals surface area contributed by atoms with Crippen LogP contribution in [0.25, 0.3) is 110 Å². The minimum absolute atomic E-state index is 0.903. The van der Waals surface area contributed by atoms with Gasteiger partial charge >= 0.3 is 0 Å². The molecule has 0 aliphatic heterocycles. The molecule has 0 aliphatic carbocycles. The molecule has 2 heterocycles. The van der Waals surface area contributed by atoms with Crippen molar-refractivity contribution in [2.45, 2.75) is 0 Å². The highest BCUT2D eigenvalue weighted by molar-refractivity contribution is 6.23. The summed E-state index contributed by atoms with van der Waals surface area (Å²) in [7, 11) is 0. The second-order valence-electron chi connectivity index (χ2n) is 13.6. The average molecular weight is 663 g/mol. The molecule has 2 heteroatoms. The Bertz CT molecular complexity index is 3160. The zero-order valence-electron chi connectivity index (χ0n) is 28.1. The molecular formula is C50H30O2. The van der Waals surface area contributed by atoms with Crippen molar-refractivity contribution in [3.63, 3.8) is 0 Å². The van der Waals surface area contributed by atoms with Crippen LogP contribution in [0.15, 0.2) is 191 Å². The van der Waals surface area contributed by atoms with E-state index >= 15 is 0 Å². The summed E-state index contributed by atoms with van der Waals surface area (Å²) in [5.74, 6) is 0. The van der Waals surface area contributed by atoms with Crippen molar-refractivity contribution < 1.29 is 8.83 Å². The first kappa shape index (κ1) is 28.9. The highest BCUT2D eigenvalue weighted by Gasteiger charge is 2.20. The summed E-state index contributed by atoms with van der Waals surface area (Å²) in [6, 6.07) is 65.1. The first-order valence-electron chi connectivity index (χ1n) is 17.8. The summed E-state index contributed by atoms with van der Waals surface area (Å²) in [5.41, 5.74) is 13.1. The van der Waals surface area contributed by atoms with E-state index in [4.69, 9.17) is 8.83 Å². The van der Waals surface area contributed by atoms with Gasteiger partial charge in [-0.15, -0.1) is 0 Å². The molecule has 52 heavy (non-hydrogen) atoms. The zero-order valence-corrected chi connectivity index (χ0v) is 28.1. The fourth-order valence-electron chi connectivity index (χ4n) is 8.38. The standard InChI is InChI=1S/C50H30O2/c1-2-12-32(13-3-1)48-39-16-5-4-15-38(39)47(33-26-24-31(25-27-33)36-19-10-20-41-37-14-6-8-21-44(37)52-50(36)41)40-29-28-34(30-43(40)48)35-18-11-23-46-49(35)42-17-7-9-22-45(42)51-46/h1-30H. The van der Waals surface area contributed by atoms with Gasteiger partial charge in [0.1, 0.15) is 22.3 Å². The van der Waals surface area contributed by atoms with Gasteiger partial charge in [-0.25, -0.2) is 0 Å². The van der Waals surface area contributed by atoms with Crippen LogP contribution < -0.4 is 0 Å². The van der Waals surface area contributed by atoms with Gasteiger partial charge in [0.15, 0.2) is 0 Å². The summed E-state index contributed by atoms with van der Waals surface area (Å²) < 4.78 is 12.7. The lowest BCUT2D eigenvalue weighted by Crippen LogP contribution is -1.92. The molecule has 0 radical (unpaired) electrons. The van der Waals surface area contributed by atoms with Crippen LogP contribution in [0.1, 0.15) is 0 Å². The van der Waals surface area contributed by atoms with E-state index in [1.54, 1.807) is 0 Å². The minimum atomic E-state index is 0.903. The summed E-state index contributed by atoms with van der Waals surface area (Å²) in [6.07, 6.45) is 0. The average Bonchev–Trinajstić information content (AvgIpc) is 3.79. The number of para-hydroxylation sites is 3. The predicted molar refractivity (Wildman–Crippen MR) is 218 cm³/mol. The molecule has 0 aliphatic rings. The molecule has 242 valence electrons. The van der Waals surface area contributed by atoms with E-state index in [0.29, 0.717) is 0 Å². The van der Waals surface area contributed by atoms with Gasteiger partial charge in [-0.05, 0) is 84.8 Å². The van der Waals surface area contributed by atoms with Gasteiger partial charge in [-0.3, -0.25) is 0 Å². The molecule has 11 rings (SSSR count). The van der Waals surface area contributed by atoms with Gasteiger partial charge in [-0.2, -0.15) is 0 Å². The van der Waals surface area contributed by atoms with Crippen molar-refractivity contribution >= 4 is 65.4 Å². The van der Waals surface area contributed by atoms with Crippen LogP contribution in [0, 0.1) is 0 Å². The molecule has 11 aromatic rings. The topological polar surface area (TPSA) is 26.3 Å². The maximum atomic E-state index is 6.41. The molecule has 0 saturated heterocycles. The monoisotopic (exact) mass is 662 g/mol. The van der Waals surface area contributed by atoms with E-state index < -0.39 is 0 Å². The highest BCUT2D eigenvalue weighted by atomic mass is 16.3. The maximum absolute atomic E-state index is 6.41. The Labute approximate surface area is 299 Å². The molecule has 0 atom stereocenters. The molecule has 0 amide bonds. The quantitative estimate of drug-likeness (QED) is 0.175. The lowest BCUT2D eigenvalue weighted by Gasteiger charge is -2.19. The summed E-state index contributed by atoms with van der Waals surface area (Å²) in [6.45, 7) is 0. The van der Waals surface area contributed by atoms with E-state index in [-0.39, 0.29) is 0 Å². The molecule has 9 aromatic carbocycles. The van der Waals surface area contributed by atoms with Crippen LogP contribution in [-0.2, 0) is 0 Å². The van der Waals surface area contributed by atoms with E-state index in [0.717, 1.165) is 60.6 Å². The molecule has 2 nitrogen and oxygen atoms in total. The van der Waals surface area contributed by atoms with Crippen molar-refractivity contribution in [1.82, 2.24) is 0 Å². The third kappa shape index (κ3) is 4.31. The van der Waals surface area contributed by atoms with Gasteiger partial charge < -0.3 is 8.83 Å². The smallest absolute Gasteiger partial charge is 0.143 e. The lowest BCUT2D eigenvalue weighted by molar-refractivity contribution is 0.669. The maximum Gasteiger partial charge on any atom is 0.143 e. The molecule has 0 spiro atoms. The van der Waals surface area contributed by atoms with Crippen LogP contribution in [0.4, 0.5) is 0 Å². The van der Waals surface area contributed by atoms with E-state index in [1.165, 1.54) is 49.4 Å². The number of furan rings is 2. The fraction of sp³-hybridized carbons (Fsp3) is 0. The Morgan fingerprint density at radius 1 is 0.269 bits per heavy atom. The van der Waals surface area contributed by atoms with Gasteiger partial charge in [0.05, 0.1) is 0 Å². The largest absolute Gasteiger partial charge is 0.456 e. The predicted octanol–water partition coefficient (Wildman–Crippen LogP) is 14.5. The number of hydrogen-bond donors (Lipinski definition) is 0. The molecular weight excluding hydrogens is 633 g/mol. The first-order valence-corrected chi connectivity index (χ1v) is 17.8. The Morgan fingerprint density at radius 3 is 1.58 bits per heavy atom. The molecule has 0 fully saturated rings. The van der Waals surface area contributed by atoms with Crippen molar-refractivity contribution in [3.05, 3.63) is 182 Å². The van der Waals surface area contributed by atoms with Gasteiger partial charge in [-0.1, -0.05) is 158 Å². The highest BCUT2D eigenvalue weighted by Crippen LogP contribution is 2.46. The Balaban J connectivity index is 1.15. The van der Waals surface area contributed by atoms with Crippen LogP contribution in [-0.4, -0.2) is 0 Å². The van der Waals surface area contributed by atoms with Gasteiger partial charge in [0.25, 0.3) is 0 Å². The third-order valence-corrected chi connectivity index (χ3v) is 10.7. The van der Waals surface area contributed by atoms with Crippen LogP contribution >= 0.6 is 0 Å². The molecule has 0 unspecified atom stereocenters. The van der Waals surface area contributed by atoms with Crippen molar-refractivity contribution in [3.8, 4) is 44.5 Å². The van der Waals surface area contributed by atoms with E-state index in [2.05, 4.69) is 158 Å². The summed E-state index contributed by atoms with van der Waals surface area (Å²) >= 11 is 0. The number of rotatable bonds is 4. The van der Waals surface area contributed by atoms with Crippen LogP contribution in [0.5, 0.6) is 0 Å². The number of hydrogen-bond acceptors (Lipinski definition) is 2. The van der Waals surface area contributed by atoms with Crippen molar-refractivity contribution in [2.24, 2.45) is 0 Å². The fourth-order valence-corrected chi connectivity index (χ4v) is 8.38. The van der Waals surface area contributed by atoms with Crippen LogP contribution in [0.2, 0.25) is 0 Å². The second-order valence-corrected chi connectivity index (χ2v) is 13.6. The zero-order chi connectivity index (χ0) is 34.2. The second kappa shape index (κ2) is 11.3. The van der Waals surface area contributed by atoms with Crippen LogP contribution in [0.3, 0.4) is 0 Å². The third-order valence-electron chi connectivity index (χ3n) is 10.7. The Morgan fingerprint density at radius 2 is 0.788 bits per heavy atom. The number of fused-ring (bicyclic) bond motifs is 8. The molecule has 2 aromatic heterocycles. The van der Waals surface area contributed by atoms with Crippen molar-refractivity contribution in [1.29, 1.82) is 0 Å². The Kier molecular flexibility index (Phi) is 6.28. The van der Waals surface area contributed by atoms with Crippen molar-refractivity contribution in [2.75, 3.05) is 0 Å².